The Labute approximate surface area is 157 Å². The maximum Gasteiger partial charge on any atom is 0.198 e. The first-order chi connectivity index (χ1) is 12.5. The third-order valence-corrected chi connectivity index (χ3v) is 6.19. The number of nitrogens with one attached hydrogen (secondary N) is 3. The molecule has 4 nitrogen and oxygen atoms in total. The normalized spacial score (nSPS) is 21.8. The van der Waals surface area contributed by atoms with E-state index in [0.29, 0.717) is 6.04 Å². The minimum Gasteiger partial charge on any atom is -0.358 e. The molecule has 1 aromatic heterocycles. The molecule has 1 aromatic carbocycles. The molecule has 1 unspecified atom stereocenters. The van der Waals surface area contributed by atoms with Gasteiger partial charge in [0.05, 0.1) is 38.8 Å². The average Bonchev–Trinajstić information content (AvgIpc) is 2.64. The Kier molecular flexibility index (Phi) is 6.15. The van der Waals surface area contributed by atoms with Gasteiger partial charge in [0.2, 0.25) is 0 Å². The summed E-state index contributed by atoms with van der Waals surface area (Å²) in [6, 6.07) is 7.02. The number of aromatic amines is 1. The number of piperidine rings is 1. The second kappa shape index (κ2) is 8.36. The fourth-order valence-corrected chi connectivity index (χ4v) is 4.27. The van der Waals surface area contributed by atoms with E-state index in [9.17, 15) is 4.79 Å². The van der Waals surface area contributed by atoms with Gasteiger partial charge in [-0.3, -0.25) is 4.79 Å². The number of H-pyrrole nitrogens is 1. The van der Waals surface area contributed by atoms with Gasteiger partial charge in [-0.2, -0.15) is 0 Å². The van der Waals surface area contributed by atoms with Gasteiger partial charge in [0.25, 0.3) is 0 Å². The molecule has 0 saturated carbocycles. The van der Waals surface area contributed by atoms with Crippen LogP contribution in [-0.2, 0) is 13.0 Å². The third kappa shape index (κ3) is 4.18. The molecule has 0 amide bonds. The molecule has 1 fully saturated rings. The highest BCUT2D eigenvalue weighted by atomic mass is 16.1. The SMILES string of the molecule is CCCCc1ccc2[nH]c(C)c(C[NH+](C)C3CC[NH+](C)CC3)c(=O)c2c1. The molecule has 2 heterocycles. The van der Waals surface area contributed by atoms with Gasteiger partial charge in [-0.15, -0.1) is 0 Å². The largest absolute Gasteiger partial charge is 0.358 e. The lowest BCUT2D eigenvalue weighted by Gasteiger charge is -2.30. The van der Waals surface area contributed by atoms with Crippen LogP contribution in [0.3, 0.4) is 0 Å². The molecule has 0 bridgehead atoms. The van der Waals surface area contributed by atoms with Crippen molar-refractivity contribution >= 4 is 10.9 Å². The number of benzene rings is 1. The summed E-state index contributed by atoms with van der Waals surface area (Å²) in [6.07, 6.45) is 5.91. The maximum atomic E-state index is 13.2. The first-order valence-electron chi connectivity index (χ1n) is 10.3. The zero-order chi connectivity index (χ0) is 18.7. The van der Waals surface area contributed by atoms with Crippen molar-refractivity contribution in [2.45, 2.75) is 58.5 Å². The topological polar surface area (TPSA) is 41.7 Å². The van der Waals surface area contributed by atoms with Gasteiger partial charge >= 0.3 is 0 Å². The van der Waals surface area contributed by atoms with Crippen molar-refractivity contribution in [1.82, 2.24) is 4.98 Å². The molecule has 1 aliphatic rings. The van der Waals surface area contributed by atoms with Crippen LogP contribution >= 0.6 is 0 Å². The molecule has 0 aliphatic carbocycles. The van der Waals surface area contributed by atoms with E-state index in [4.69, 9.17) is 0 Å². The van der Waals surface area contributed by atoms with E-state index in [1.807, 2.05) is 6.92 Å². The number of hydrogen-bond donors (Lipinski definition) is 3. The average molecular weight is 358 g/mol. The highest BCUT2D eigenvalue weighted by Gasteiger charge is 2.27. The number of fused-ring (bicyclic) bond motifs is 1. The quantitative estimate of drug-likeness (QED) is 0.706. The molecule has 1 atom stereocenters. The molecule has 26 heavy (non-hydrogen) atoms. The van der Waals surface area contributed by atoms with Crippen LogP contribution in [0.25, 0.3) is 10.9 Å². The van der Waals surface area contributed by atoms with Crippen molar-refractivity contribution in [3.63, 3.8) is 0 Å². The van der Waals surface area contributed by atoms with E-state index in [1.165, 1.54) is 49.2 Å². The Bertz CT molecular complexity index is 803. The Morgan fingerprint density at radius 1 is 1.27 bits per heavy atom. The summed E-state index contributed by atoms with van der Waals surface area (Å²) in [4.78, 5) is 19.8. The van der Waals surface area contributed by atoms with Crippen LogP contribution in [0, 0.1) is 6.92 Å². The van der Waals surface area contributed by atoms with Crippen LogP contribution in [0.4, 0.5) is 0 Å². The highest BCUT2D eigenvalue weighted by molar-refractivity contribution is 5.80. The summed E-state index contributed by atoms with van der Waals surface area (Å²) in [5.41, 5.74) is 4.47. The Balaban J connectivity index is 1.86. The number of unbranched alkanes of at least 4 members (excludes halogenated alkanes) is 1. The summed E-state index contributed by atoms with van der Waals surface area (Å²) >= 11 is 0. The second-order valence-electron chi connectivity index (χ2n) is 8.30. The monoisotopic (exact) mass is 357 g/mol. The lowest BCUT2D eigenvalue weighted by molar-refractivity contribution is -0.948. The van der Waals surface area contributed by atoms with Gasteiger partial charge < -0.3 is 14.8 Å². The van der Waals surface area contributed by atoms with Crippen molar-refractivity contribution in [2.24, 2.45) is 0 Å². The number of aryl methyl sites for hydroxylation is 2. The minimum atomic E-state index is 0.229. The Morgan fingerprint density at radius 2 is 2.00 bits per heavy atom. The number of pyridine rings is 1. The van der Waals surface area contributed by atoms with Crippen LogP contribution < -0.4 is 15.2 Å². The van der Waals surface area contributed by atoms with Crippen molar-refractivity contribution in [2.75, 3.05) is 27.2 Å². The van der Waals surface area contributed by atoms with Crippen molar-refractivity contribution in [1.29, 1.82) is 0 Å². The van der Waals surface area contributed by atoms with E-state index in [1.54, 1.807) is 4.90 Å². The molecule has 2 aromatic rings. The zero-order valence-corrected chi connectivity index (χ0v) is 16.9. The zero-order valence-electron chi connectivity index (χ0n) is 16.9. The van der Waals surface area contributed by atoms with Crippen LogP contribution in [0.2, 0.25) is 0 Å². The number of quaternary nitrogens is 2. The third-order valence-electron chi connectivity index (χ3n) is 6.19. The molecule has 1 aliphatic heterocycles. The van der Waals surface area contributed by atoms with Crippen LogP contribution in [0.5, 0.6) is 0 Å². The molecule has 3 N–H and O–H groups in total. The Morgan fingerprint density at radius 3 is 2.69 bits per heavy atom. The first-order valence-corrected chi connectivity index (χ1v) is 10.3. The van der Waals surface area contributed by atoms with E-state index in [-0.39, 0.29) is 5.43 Å². The molecule has 0 radical (unpaired) electrons. The summed E-state index contributed by atoms with van der Waals surface area (Å²) in [5.74, 6) is 0. The van der Waals surface area contributed by atoms with Crippen LogP contribution in [0.1, 0.15) is 49.4 Å². The summed E-state index contributed by atoms with van der Waals surface area (Å²) in [6.45, 7) is 7.57. The summed E-state index contributed by atoms with van der Waals surface area (Å²) < 4.78 is 0. The van der Waals surface area contributed by atoms with Gasteiger partial charge in [0.1, 0.15) is 6.54 Å². The molecular formula is C22H35N3O+2. The first kappa shape index (κ1) is 19.1. The number of aromatic nitrogens is 1. The molecule has 1 saturated heterocycles. The van der Waals surface area contributed by atoms with Gasteiger partial charge in [-0.05, 0) is 37.5 Å². The number of hydrogen-bond acceptors (Lipinski definition) is 1. The highest BCUT2D eigenvalue weighted by Crippen LogP contribution is 2.15. The van der Waals surface area contributed by atoms with E-state index in [0.717, 1.165) is 35.1 Å². The number of likely N-dealkylation sites (tertiary alicyclic amines) is 1. The number of rotatable bonds is 6. The van der Waals surface area contributed by atoms with Crippen molar-refractivity contribution in [3.8, 4) is 0 Å². The van der Waals surface area contributed by atoms with E-state index >= 15 is 0 Å². The maximum absolute atomic E-state index is 13.2. The smallest absolute Gasteiger partial charge is 0.198 e. The van der Waals surface area contributed by atoms with Crippen molar-refractivity contribution < 1.29 is 9.80 Å². The van der Waals surface area contributed by atoms with E-state index < -0.39 is 0 Å². The van der Waals surface area contributed by atoms with Gasteiger partial charge in [0.15, 0.2) is 5.43 Å². The van der Waals surface area contributed by atoms with Crippen LogP contribution in [-0.4, -0.2) is 38.2 Å². The van der Waals surface area contributed by atoms with E-state index in [2.05, 4.69) is 44.2 Å². The summed E-state index contributed by atoms with van der Waals surface area (Å²) in [5, 5.41) is 0.861. The predicted octanol–water partition coefficient (Wildman–Crippen LogP) is 0.871. The molecular weight excluding hydrogens is 322 g/mol. The van der Waals surface area contributed by atoms with Gasteiger partial charge in [0, 0.05) is 29.4 Å². The van der Waals surface area contributed by atoms with Gasteiger partial charge in [-0.25, -0.2) is 0 Å². The second-order valence-corrected chi connectivity index (χ2v) is 8.30. The fourth-order valence-electron chi connectivity index (χ4n) is 4.27. The predicted molar refractivity (Wildman–Crippen MR) is 108 cm³/mol. The van der Waals surface area contributed by atoms with Crippen molar-refractivity contribution in [3.05, 3.63) is 45.2 Å². The standard InChI is InChI=1S/C22H33N3O/c1-5-6-7-17-8-9-21-19(14-17)22(26)20(16(2)23-21)15-25(4)18-10-12-24(3)13-11-18/h8-9,14,18H,5-7,10-13,15H2,1-4H3,(H,23,26)/p+2. The minimum absolute atomic E-state index is 0.229. The fraction of sp³-hybridized carbons (Fsp3) is 0.591. The van der Waals surface area contributed by atoms with Gasteiger partial charge in [-0.1, -0.05) is 19.4 Å². The lowest BCUT2D eigenvalue weighted by Crippen LogP contribution is -3.17. The molecule has 4 heteroatoms. The molecule has 0 spiro atoms. The molecule has 3 rings (SSSR count). The van der Waals surface area contributed by atoms with Crippen LogP contribution in [0.15, 0.2) is 23.0 Å². The molecule has 142 valence electrons. The summed E-state index contributed by atoms with van der Waals surface area (Å²) in [7, 11) is 4.53. The Hall–Kier alpha value is -1.65. The lowest BCUT2D eigenvalue weighted by atomic mass is 10.0.